The average Bonchev–Trinajstić information content (AvgIpc) is 2.46. The molecule has 2 aromatic rings. The molecule has 1 unspecified atom stereocenters. The number of fused-ring (bicyclic) bond motifs is 1. The molecule has 1 aliphatic rings. The molecule has 2 aromatic carbocycles. The Morgan fingerprint density at radius 3 is 2.95 bits per heavy atom. The van der Waals surface area contributed by atoms with Crippen molar-refractivity contribution in [2.24, 2.45) is 0 Å². The van der Waals surface area contributed by atoms with Crippen LogP contribution in [0.15, 0.2) is 42.5 Å². The molecule has 104 valence electrons. The summed E-state index contributed by atoms with van der Waals surface area (Å²) in [6.07, 6.45) is 0.913. The van der Waals surface area contributed by atoms with Crippen LogP contribution in [0.2, 0.25) is 5.02 Å². The number of para-hydroxylation sites is 1. The monoisotopic (exact) mass is 291 g/mol. The number of benzene rings is 2. The molecule has 0 spiro atoms. The molecule has 1 heterocycles. The molecular weight excluding hydrogens is 277 g/mol. The second-order valence-electron chi connectivity index (χ2n) is 4.84. The van der Waals surface area contributed by atoms with Gasteiger partial charge in [0.05, 0.1) is 6.61 Å². The lowest BCUT2D eigenvalue weighted by molar-refractivity contribution is 0.252. The third-order valence-corrected chi connectivity index (χ3v) is 3.86. The molecule has 1 atom stereocenters. The zero-order chi connectivity index (χ0) is 13.9. The van der Waals surface area contributed by atoms with Gasteiger partial charge >= 0.3 is 0 Å². The van der Waals surface area contributed by atoms with E-state index in [1.165, 1.54) is 12.1 Å². The lowest BCUT2D eigenvalue weighted by atomic mass is 10.0. The van der Waals surface area contributed by atoms with E-state index in [9.17, 15) is 4.39 Å². The first-order valence-electron chi connectivity index (χ1n) is 6.63. The highest BCUT2D eigenvalue weighted by molar-refractivity contribution is 6.31. The van der Waals surface area contributed by atoms with Crippen LogP contribution in [-0.2, 0) is 6.54 Å². The van der Waals surface area contributed by atoms with E-state index < -0.39 is 0 Å². The van der Waals surface area contributed by atoms with E-state index in [-0.39, 0.29) is 11.9 Å². The Morgan fingerprint density at radius 1 is 1.25 bits per heavy atom. The minimum absolute atomic E-state index is 0.237. The van der Waals surface area contributed by atoms with Gasteiger partial charge in [-0.1, -0.05) is 35.9 Å². The van der Waals surface area contributed by atoms with Crippen molar-refractivity contribution >= 4 is 11.6 Å². The van der Waals surface area contributed by atoms with Gasteiger partial charge in [0.1, 0.15) is 11.6 Å². The van der Waals surface area contributed by atoms with E-state index in [1.54, 1.807) is 6.07 Å². The number of halogens is 2. The maximum Gasteiger partial charge on any atom is 0.124 e. The molecule has 0 aromatic heterocycles. The van der Waals surface area contributed by atoms with Crippen LogP contribution in [0.3, 0.4) is 0 Å². The zero-order valence-corrected chi connectivity index (χ0v) is 11.7. The molecule has 3 rings (SSSR count). The first-order chi connectivity index (χ1) is 9.74. The summed E-state index contributed by atoms with van der Waals surface area (Å²) in [6, 6.07) is 12.8. The van der Waals surface area contributed by atoms with Crippen LogP contribution in [-0.4, -0.2) is 6.61 Å². The lowest BCUT2D eigenvalue weighted by Gasteiger charge is -2.27. The molecule has 0 saturated heterocycles. The first kappa shape index (κ1) is 13.4. The summed E-state index contributed by atoms with van der Waals surface area (Å²) in [4.78, 5) is 0. The highest BCUT2D eigenvalue weighted by Gasteiger charge is 2.20. The molecule has 0 amide bonds. The molecule has 0 radical (unpaired) electrons. The van der Waals surface area contributed by atoms with Gasteiger partial charge in [0.2, 0.25) is 0 Å². The summed E-state index contributed by atoms with van der Waals surface area (Å²) < 4.78 is 18.6. The number of hydrogen-bond donors (Lipinski definition) is 1. The minimum atomic E-state index is -0.310. The first-order valence-corrected chi connectivity index (χ1v) is 7.01. The van der Waals surface area contributed by atoms with Crippen LogP contribution in [0, 0.1) is 5.82 Å². The second kappa shape index (κ2) is 5.81. The topological polar surface area (TPSA) is 21.3 Å². The zero-order valence-electron chi connectivity index (χ0n) is 10.9. The van der Waals surface area contributed by atoms with Crippen LogP contribution >= 0.6 is 11.6 Å². The van der Waals surface area contributed by atoms with Gasteiger partial charge in [0.25, 0.3) is 0 Å². The van der Waals surface area contributed by atoms with Crippen molar-refractivity contribution in [3.8, 4) is 5.75 Å². The van der Waals surface area contributed by atoms with Gasteiger partial charge in [-0.25, -0.2) is 4.39 Å². The third-order valence-electron chi connectivity index (χ3n) is 3.51. The fraction of sp³-hybridized carbons (Fsp3) is 0.250. The van der Waals surface area contributed by atoms with E-state index in [2.05, 4.69) is 11.4 Å². The number of rotatable bonds is 3. The lowest BCUT2D eigenvalue weighted by Crippen LogP contribution is -2.26. The highest BCUT2D eigenvalue weighted by Crippen LogP contribution is 2.32. The van der Waals surface area contributed by atoms with Gasteiger partial charge < -0.3 is 10.1 Å². The fourth-order valence-corrected chi connectivity index (χ4v) is 2.69. The summed E-state index contributed by atoms with van der Waals surface area (Å²) in [5.74, 6) is 0.622. The van der Waals surface area contributed by atoms with Crippen LogP contribution < -0.4 is 10.1 Å². The summed E-state index contributed by atoms with van der Waals surface area (Å²) >= 11 is 6.04. The van der Waals surface area contributed by atoms with Crippen molar-refractivity contribution in [3.05, 3.63) is 64.4 Å². The Labute approximate surface area is 122 Å². The van der Waals surface area contributed by atoms with Gasteiger partial charge in [-0.05, 0) is 23.8 Å². The SMILES string of the molecule is Fc1ccc(CNC2CCOc3ccccc32)c(Cl)c1. The van der Waals surface area contributed by atoms with Crippen molar-refractivity contribution in [1.82, 2.24) is 5.32 Å². The minimum Gasteiger partial charge on any atom is -0.493 e. The summed E-state index contributed by atoms with van der Waals surface area (Å²) in [5, 5.41) is 3.92. The quantitative estimate of drug-likeness (QED) is 0.919. The van der Waals surface area contributed by atoms with E-state index in [0.29, 0.717) is 18.2 Å². The largest absolute Gasteiger partial charge is 0.493 e. The number of hydrogen-bond acceptors (Lipinski definition) is 2. The summed E-state index contributed by atoms with van der Waals surface area (Å²) in [5.41, 5.74) is 2.06. The summed E-state index contributed by atoms with van der Waals surface area (Å²) in [7, 11) is 0. The number of ether oxygens (including phenoxy) is 1. The molecule has 1 aliphatic heterocycles. The molecule has 1 N–H and O–H groups in total. The van der Waals surface area contributed by atoms with E-state index >= 15 is 0 Å². The van der Waals surface area contributed by atoms with Crippen molar-refractivity contribution in [2.45, 2.75) is 19.0 Å². The molecule has 20 heavy (non-hydrogen) atoms. The predicted molar refractivity (Wildman–Crippen MR) is 77.5 cm³/mol. The Hall–Kier alpha value is -1.58. The van der Waals surface area contributed by atoms with Gasteiger partial charge in [-0.3, -0.25) is 0 Å². The average molecular weight is 292 g/mol. The van der Waals surface area contributed by atoms with Gasteiger partial charge in [0.15, 0.2) is 0 Å². The molecule has 0 bridgehead atoms. The van der Waals surface area contributed by atoms with Crippen molar-refractivity contribution in [2.75, 3.05) is 6.61 Å². The molecule has 4 heteroatoms. The van der Waals surface area contributed by atoms with Crippen LogP contribution in [0.5, 0.6) is 5.75 Å². The van der Waals surface area contributed by atoms with Gasteiger partial charge in [0, 0.05) is 29.6 Å². The van der Waals surface area contributed by atoms with Gasteiger partial charge in [-0.15, -0.1) is 0 Å². The number of nitrogens with one attached hydrogen (secondary N) is 1. The van der Waals surface area contributed by atoms with Crippen molar-refractivity contribution in [3.63, 3.8) is 0 Å². The van der Waals surface area contributed by atoms with E-state index in [4.69, 9.17) is 16.3 Å². The molecule has 0 fully saturated rings. The smallest absolute Gasteiger partial charge is 0.124 e. The van der Waals surface area contributed by atoms with Crippen LogP contribution in [0.25, 0.3) is 0 Å². The second-order valence-corrected chi connectivity index (χ2v) is 5.25. The maximum atomic E-state index is 13.0. The van der Waals surface area contributed by atoms with Gasteiger partial charge in [-0.2, -0.15) is 0 Å². The Kier molecular flexibility index (Phi) is 3.90. The van der Waals surface area contributed by atoms with Crippen LogP contribution in [0.1, 0.15) is 23.6 Å². The fourth-order valence-electron chi connectivity index (χ4n) is 2.45. The van der Waals surface area contributed by atoms with Crippen molar-refractivity contribution < 1.29 is 9.13 Å². The Balaban J connectivity index is 1.73. The predicted octanol–water partition coefficient (Wildman–Crippen LogP) is 4.09. The van der Waals surface area contributed by atoms with Crippen molar-refractivity contribution in [1.29, 1.82) is 0 Å². The molecule has 2 nitrogen and oxygen atoms in total. The molecule has 0 saturated carbocycles. The highest BCUT2D eigenvalue weighted by atomic mass is 35.5. The third kappa shape index (κ3) is 2.79. The standard InChI is InChI=1S/C16H15ClFNO/c17-14-9-12(18)6-5-11(14)10-19-15-7-8-20-16-4-2-1-3-13(15)16/h1-6,9,15,19H,7-8,10H2. The van der Waals surface area contributed by atoms with E-state index in [0.717, 1.165) is 23.3 Å². The van der Waals surface area contributed by atoms with Crippen LogP contribution in [0.4, 0.5) is 4.39 Å². The molecule has 0 aliphatic carbocycles. The Bertz CT molecular complexity index is 617. The van der Waals surface area contributed by atoms with E-state index in [1.807, 2.05) is 18.2 Å². The Morgan fingerprint density at radius 2 is 2.10 bits per heavy atom. The summed E-state index contributed by atoms with van der Waals surface area (Å²) in [6.45, 7) is 1.31. The molecular formula is C16H15ClFNO. The maximum absolute atomic E-state index is 13.0. The normalized spacial score (nSPS) is 17.4.